The first kappa shape index (κ1) is 8.74. The van der Waals surface area contributed by atoms with E-state index in [0.29, 0.717) is 15.0 Å². The summed E-state index contributed by atoms with van der Waals surface area (Å²) in [6, 6.07) is 0. The van der Waals surface area contributed by atoms with Gasteiger partial charge in [0.15, 0.2) is 0 Å². The van der Waals surface area contributed by atoms with Crippen LogP contribution in [0.5, 0.6) is 0 Å². The average molecular weight is 212 g/mol. The molecule has 0 saturated heterocycles. The molecule has 0 bridgehead atoms. The van der Waals surface area contributed by atoms with Crippen LogP contribution in [0.15, 0.2) is 28.3 Å². The maximum atomic E-state index is 5.80. The molecular formula is C10H13Se+. The molecule has 0 nitrogen and oxygen atoms in total. The van der Waals surface area contributed by atoms with Crippen LogP contribution in [-0.2, 0) is 0 Å². The molecule has 0 spiro atoms. The van der Waals surface area contributed by atoms with E-state index in [1.54, 1.807) is 0 Å². The molecule has 0 aromatic heterocycles. The molecule has 0 heterocycles. The molecule has 0 aromatic rings. The Balaban J connectivity index is 2.57. The van der Waals surface area contributed by atoms with Gasteiger partial charge in [-0.3, -0.25) is 0 Å². The topological polar surface area (TPSA) is 0 Å². The minimum atomic E-state index is 0.564. The van der Waals surface area contributed by atoms with Crippen molar-refractivity contribution in [2.24, 2.45) is 0 Å². The van der Waals surface area contributed by atoms with Crippen molar-refractivity contribution in [3.63, 3.8) is 0 Å². The minimum absolute atomic E-state index is 0.564. The molecule has 0 unspecified atom stereocenters. The summed E-state index contributed by atoms with van der Waals surface area (Å²) < 4.78 is 1.38. The number of rotatable bonds is 2. The molecular weight excluding hydrogens is 199 g/mol. The van der Waals surface area contributed by atoms with Crippen molar-refractivity contribution in [3.8, 4) is 0 Å². The Labute approximate surface area is 75.2 Å². The van der Waals surface area contributed by atoms with Gasteiger partial charge in [-0.15, -0.1) is 0 Å². The van der Waals surface area contributed by atoms with E-state index in [9.17, 15) is 0 Å². The van der Waals surface area contributed by atoms with Crippen molar-refractivity contribution in [2.45, 2.75) is 25.1 Å². The Morgan fingerprint density at radius 1 is 1.55 bits per heavy atom. The van der Waals surface area contributed by atoms with Crippen LogP contribution in [0.25, 0.3) is 0 Å². The van der Waals surface area contributed by atoms with Gasteiger partial charge in [0.25, 0.3) is 0 Å². The monoisotopic (exact) mass is 213 g/mol. The second-order valence-electron chi connectivity index (χ2n) is 2.83. The quantitative estimate of drug-likeness (QED) is 0.487. The normalized spacial score (nSPS) is 17.3. The maximum absolute atomic E-state index is 5.80. The fraction of sp³-hybridized carbons (Fsp3) is 0.400. The zero-order valence-corrected chi connectivity index (χ0v) is 8.72. The zero-order valence-electron chi connectivity index (χ0n) is 7.00. The summed E-state index contributed by atoms with van der Waals surface area (Å²) >= 11 is 0.564. The van der Waals surface area contributed by atoms with Crippen LogP contribution >= 0.6 is 0 Å². The Morgan fingerprint density at radius 2 is 2.27 bits per heavy atom. The van der Waals surface area contributed by atoms with Crippen molar-refractivity contribution in [1.82, 2.24) is 0 Å². The predicted molar refractivity (Wildman–Crippen MR) is 50.5 cm³/mol. The van der Waals surface area contributed by atoms with Crippen LogP contribution in [0.3, 0.4) is 0 Å². The summed E-state index contributed by atoms with van der Waals surface area (Å²) in [6.07, 6.45) is 7.44. The van der Waals surface area contributed by atoms with E-state index in [4.69, 9.17) is 6.58 Å². The Kier molecular flexibility index (Phi) is 3.08. The summed E-state index contributed by atoms with van der Waals surface area (Å²) in [5, 5.41) is 0. The molecule has 0 atom stereocenters. The molecule has 1 rings (SSSR count). The first-order valence-corrected chi connectivity index (χ1v) is 5.71. The van der Waals surface area contributed by atoms with Crippen molar-refractivity contribution >= 4 is 15.0 Å². The molecule has 1 aliphatic carbocycles. The standard InChI is InChI=1S/C10H13Se/c1-8(2)11-10-7-5-4-6-9(10)3/h3-4,6-8H,5H2,1-2H3/q+1. The predicted octanol–water partition coefficient (Wildman–Crippen LogP) is 2.72. The van der Waals surface area contributed by atoms with Crippen molar-refractivity contribution in [1.29, 1.82) is 0 Å². The molecule has 0 saturated carbocycles. The van der Waals surface area contributed by atoms with Crippen LogP contribution < -0.4 is 0 Å². The molecule has 0 N–H and O–H groups in total. The van der Waals surface area contributed by atoms with E-state index < -0.39 is 0 Å². The van der Waals surface area contributed by atoms with Crippen LogP contribution in [0.4, 0.5) is 0 Å². The Bertz CT molecular complexity index is 209. The van der Waals surface area contributed by atoms with Crippen molar-refractivity contribution in [2.75, 3.05) is 0 Å². The van der Waals surface area contributed by atoms with E-state index in [1.807, 2.05) is 6.08 Å². The molecule has 1 heteroatoms. The first-order valence-electron chi connectivity index (χ1n) is 3.86. The van der Waals surface area contributed by atoms with Gasteiger partial charge in [-0.2, -0.15) is 0 Å². The zero-order chi connectivity index (χ0) is 8.27. The summed E-state index contributed by atoms with van der Waals surface area (Å²) in [6.45, 7) is 10.3. The van der Waals surface area contributed by atoms with Crippen LogP contribution in [0.2, 0.25) is 4.82 Å². The van der Waals surface area contributed by atoms with E-state index >= 15 is 0 Å². The Hall–Kier alpha value is -0.351. The summed E-state index contributed by atoms with van der Waals surface area (Å²) in [4.78, 5) is 0.763. The van der Waals surface area contributed by atoms with E-state index in [0.717, 1.165) is 16.8 Å². The fourth-order valence-corrected chi connectivity index (χ4v) is 2.84. The summed E-state index contributed by atoms with van der Waals surface area (Å²) in [5.41, 5.74) is 0.977. The van der Waals surface area contributed by atoms with E-state index in [-0.39, 0.29) is 0 Å². The fourth-order valence-electron chi connectivity index (χ4n) is 0.940. The molecule has 1 aliphatic rings. The second kappa shape index (κ2) is 3.87. The van der Waals surface area contributed by atoms with Crippen LogP contribution in [0, 0.1) is 6.58 Å². The number of hydrogen-bond acceptors (Lipinski definition) is 0. The van der Waals surface area contributed by atoms with Crippen LogP contribution in [-0.4, -0.2) is 15.0 Å². The first-order chi connectivity index (χ1) is 5.20. The molecule has 58 valence electrons. The number of hydrogen-bond donors (Lipinski definition) is 0. The number of allylic oxidation sites excluding steroid dienone is 5. The van der Waals surface area contributed by atoms with E-state index in [2.05, 4.69) is 26.0 Å². The summed E-state index contributed by atoms with van der Waals surface area (Å²) in [5.74, 6) is 0. The summed E-state index contributed by atoms with van der Waals surface area (Å²) in [7, 11) is 0. The van der Waals surface area contributed by atoms with Gasteiger partial charge in [-0.25, -0.2) is 0 Å². The molecule has 0 amide bonds. The van der Waals surface area contributed by atoms with Gasteiger partial charge in [-0.1, -0.05) is 0 Å². The van der Waals surface area contributed by atoms with Crippen molar-refractivity contribution < 1.29 is 0 Å². The van der Waals surface area contributed by atoms with Gasteiger partial charge < -0.3 is 0 Å². The van der Waals surface area contributed by atoms with Gasteiger partial charge >= 0.3 is 74.9 Å². The molecule has 0 radical (unpaired) electrons. The molecule has 0 aliphatic heterocycles. The molecule has 0 fully saturated rings. The van der Waals surface area contributed by atoms with Crippen molar-refractivity contribution in [3.05, 3.63) is 34.9 Å². The Morgan fingerprint density at radius 3 is 2.82 bits per heavy atom. The third kappa shape index (κ3) is 2.63. The third-order valence-corrected chi connectivity index (χ3v) is 3.75. The average Bonchev–Trinajstić information content (AvgIpc) is 1.93. The van der Waals surface area contributed by atoms with Gasteiger partial charge in [0, 0.05) is 0 Å². The van der Waals surface area contributed by atoms with Gasteiger partial charge in [0.1, 0.15) is 0 Å². The SMILES string of the molecule is [CH+]=C1C=CCC=C1[Se]C(C)C. The third-order valence-electron chi connectivity index (χ3n) is 1.38. The van der Waals surface area contributed by atoms with E-state index in [1.165, 1.54) is 4.47 Å². The van der Waals surface area contributed by atoms with Gasteiger partial charge in [0.2, 0.25) is 0 Å². The molecule has 0 aromatic carbocycles. The van der Waals surface area contributed by atoms with Gasteiger partial charge in [0.05, 0.1) is 0 Å². The van der Waals surface area contributed by atoms with Gasteiger partial charge in [-0.05, 0) is 0 Å². The van der Waals surface area contributed by atoms with Crippen LogP contribution in [0.1, 0.15) is 20.3 Å². The second-order valence-corrected chi connectivity index (χ2v) is 6.22. The molecule has 11 heavy (non-hydrogen) atoms.